The van der Waals surface area contributed by atoms with E-state index < -0.39 is 6.10 Å². The summed E-state index contributed by atoms with van der Waals surface area (Å²) < 4.78 is 11.5. The number of nitrogens with one attached hydrogen (secondary N) is 1. The average Bonchev–Trinajstić information content (AvgIpc) is 2.91. The fourth-order valence-corrected chi connectivity index (χ4v) is 3.94. The van der Waals surface area contributed by atoms with Crippen molar-refractivity contribution in [3.63, 3.8) is 0 Å². The van der Waals surface area contributed by atoms with Gasteiger partial charge in [0.25, 0.3) is 5.91 Å². The van der Waals surface area contributed by atoms with Crippen molar-refractivity contribution < 1.29 is 24.2 Å². The minimum atomic E-state index is -0.490. The fourth-order valence-electron chi connectivity index (χ4n) is 3.94. The van der Waals surface area contributed by atoms with Crippen LogP contribution in [0.3, 0.4) is 0 Å². The van der Waals surface area contributed by atoms with Gasteiger partial charge in [0.2, 0.25) is 0 Å². The van der Waals surface area contributed by atoms with Crippen LogP contribution in [-0.2, 0) is 4.79 Å². The first-order valence-corrected chi connectivity index (χ1v) is 10.5. The fraction of sp³-hybridized carbons (Fsp3) is 0.636. The molecule has 2 N–H and O–H groups in total. The molecule has 3 rings (SSSR count). The molecule has 1 saturated heterocycles. The molecule has 1 amide bonds. The maximum absolute atomic E-state index is 12.8. The van der Waals surface area contributed by atoms with Gasteiger partial charge in [-0.15, -0.1) is 0 Å². The summed E-state index contributed by atoms with van der Waals surface area (Å²) in [4.78, 5) is 26.1. The smallest absolute Gasteiger partial charge is 0.255 e. The summed E-state index contributed by atoms with van der Waals surface area (Å²) in [5, 5.41) is 13.5. The molecule has 0 bridgehead atoms. The molecule has 7 nitrogen and oxygen atoms in total. The Kier molecular flexibility index (Phi) is 7.50. The number of fused-ring (bicyclic) bond motifs is 1. The number of hydrogen-bond donors (Lipinski definition) is 2. The maximum Gasteiger partial charge on any atom is 0.255 e. The highest BCUT2D eigenvalue weighted by molar-refractivity contribution is 5.98. The summed E-state index contributed by atoms with van der Waals surface area (Å²) in [7, 11) is 0. The molecular formula is C22H32N2O5. The van der Waals surface area contributed by atoms with E-state index in [0.717, 1.165) is 37.9 Å². The Morgan fingerprint density at radius 2 is 2.07 bits per heavy atom. The quantitative estimate of drug-likeness (QED) is 0.722. The van der Waals surface area contributed by atoms with Crippen LogP contribution in [0, 0.1) is 12.8 Å². The van der Waals surface area contributed by atoms with Crippen LogP contribution >= 0.6 is 0 Å². The second-order valence-electron chi connectivity index (χ2n) is 8.12. The largest absolute Gasteiger partial charge is 0.490 e. The third kappa shape index (κ3) is 5.93. The van der Waals surface area contributed by atoms with Gasteiger partial charge in [-0.1, -0.05) is 0 Å². The first-order valence-electron chi connectivity index (χ1n) is 10.5. The molecule has 1 aromatic rings. The standard InChI is InChI=1S/C22H32N2O5/c1-15-11-18(21-20(12-15)28-9-4-10-29-21)22(27)23-13-17-6-8-24(14-19(17)26)7-3-5-16(2)25/h11-12,17,19,26H,3-10,13-14H2,1-2H3,(H,23,27)/t17-,19+/m0/s1. The van der Waals surface area contributed by atoms with Crippen molar-refractivity contribution in [3.05, 3.63) is 23.3 Å². The molecule has 1 fully saturated rings. The molecule has 2 aliphatic rings. The molecule has 2 atom stereocenters. The molecule has 29 heavy (non-hydrogen) atoms. The van der Waals surface area contributed by atoms with E-state index in [1.165, 1.54) is 0 Å². The molecule has 0 unspecified atom stereocenters. The number of likely N-dealkylation sites (tertiary alicyclic amines) is 1. The Labute approximate surface area is 172 Å². The summed E-state index contributed by atoms with van der Waals surface area (Å²) in [5.74, 6) is 1.14. The first-order chi connectivity index (χ1) is 13.9. The maximum atomic E-state index is 12.8. The van der Waals surface area contributed by atoms with Crippen LogP contribution in [0.15, 0.2) is 12.1 Å². The summed E-state index contributed by atoms with van der Waals surface area (Å²) >= 11 is 0. The van der Waals surface area contributed by atoms with Gasteiger partial charge in [-0.2, -0.15) is 0 Å². The van der Waals surface area contributed by atoms with Crippen molar-refractivity contribution in [3.8, 4) is 11.5 Å². The number of ether oxygens (including phenoxy) is 2. The van der Waals surface area contributed by atoms with Gasteiger partial charge in [-0.25, -0.2) is 0 Å². The molecule has 7 heteroatoms. The van der Waals surface area contributed by atoms with Gasteiger partial charge in [-0.05, 0) is 57.5 Å². The number of ketones is 1. The predicted octanol–water partition coefficient (Wildman–Crippen LogP) is 1.94. The molecule has 2 heterocycles. The second-order valence-corrected chi connectivity index (χ2v) is 8.12. The molecule has 160 valence electrons. The van der Waals surface area contributed by atoms with E-state index in [1.54, 1.807) is 6.92 Å². The van der Waals surface area contributed by atoms with Crippen LogP contribution in [0.2, 0.25) is 0 Å². The number of Topliss-reactive ketones (excluding diaryl/α,β-unsaturated/α-hetero) is 1. The number of nitrogens with zero attached hydrogens (tertiary/aromatic N) is 1. The third-order valence-corrected chi connectivity index (χ3v) is 5.57. The van der Waals surface area contributed by atoms with Crippen molar-refractivity contribution in [1.29, 1.82) is 0 Å². The van der Waals surface area contributed by atoms with Crippen LogP contribution in [0.4, 0.5) is 0 Å². The molecule has 2 aliphatic heterocycles. The van der Waals surface area contributed by atoms with Crippen LogP contribution < -0.4 is 14.8 Å². The number of hydrogen-bond acceptors (Lipinski definition) is 6. The highest BCUT2D eigenvalue weighted by atomic mass is 16.5. The molecule has 0 aliphatic carbocycles. The lowest BCUT2D eigenvalue weighted by molar-refractivity contribution is -0.117. The molecule has 0 spiro atoms. The Balaban J connectivity index is 1.54. The molecule has 0 aromatic heterocycles. The van der Waals surface area contributed by atoms with Gasteiger partial charge >= 0.3 is 0 Å². The Hall–Kier alpha value is -2.12. The number of aliphatic hydroxyl groups excluding tert-OH is 1. The summed E-state index contributed by atoms with van der Waals surface area (Å²) in [6.45, 7) is 7.33. The number of aryl methyl sites for hydroxylation is 1. The van der Waals surface area contributed by atoms with Crippen LogP contribution in [0.1, 0.15) is 48.5 Å². The van der Waals surface area contributed by atoms with Gasteiger partial charge < -0.3 is 29.6 Å². The van der Waals surface area contributed by atoms with Gasteiger partial charge in [-0.3, -0.25) is 4.79 Å². The highest BCUT2D eigenvalue weighted by Crippen LogP contribution is 2.34. The molecular weight excluding hydrogens is 372 g/mol. The average molecular weight is 405 g/mol. The third-order valence-electron chi connectivity index (χ3n) is 5.57. The zero-order chi connectivity index (χ0) is 20.8. The second kappa shape index (κ2) is 10.1. The molecule has 1 aromatic carbocycles. The minimum Gasteiger partial charge on any atom is -0.490 e. The first kappa shape index (κ1) is 21.6. The van der Waals surface area contributed by atoms with Crippen LogP contribution in [-0.4, -0.2) is 67.2 Å². The highest BCUT2D eigenvalue weighted by Gasteiger charge is 2.28. The van der Waals surface area contributed by atoms with Crippen molar-refractivity contribution in [2.75, 3.05) is 39.4 Å². The Bertz CT molecular complexity index is 736. The number of β-amino-alcohol motifs (C(OH)–C–C–N with tert-alkyl or cyclic N) is 1. The summed E-state index contributed by atoms with van der Waals surface area (Å²) in [5.41, 5.74) is 1.43. The van der Waals surface area contributed by atoms with E-state index >= 15 is 0 Å². The lowest BCUT2D eigenvalue weighted by Gasteiger charge is -2.36. The lowest BCUT2D eigenvalue weighted by Crippen LogP contribution is -2.47. The monoisotopic (exact) mass is 404 g/mol. The van der Waals surface area contributed by atoms with E-state index in [9.17, 15) is 14.7 Å². The van der Waals surface area contributed by atoms with Crippen LogP contribution in [0.5, 0.6) is 11.5 Å². The number of benzene rings is 1. The zero-order valence-electron chi connectivity index (χ0n) is 17.4. The predicted molar refractivity (Wildman–Crippen MR) is 110 cm³/mol. The van der Waals surface area contributed by atoms with Gasteiger partial charge in [0.15, 0.2) is 11.5 Å². The van der Waals surface area contributed by atoms with Crippen molar-refractivity contribution in [2.24, 2.45) is 5.92 Å². The number of carbonyl (C=O) groups excluding carboxylic acids is 2. The van der Waals surface area contributed by atoms with Gasteiger partial charge in [0.1, 0.15) is 5.78 Å². The molecule has 0 radical (unpaired) electrons. The van der Waals surface area contributed by atoms with Gasteiger partial charge in [0.05, 0.1) is 24.9 Å². The lowest BCUT2D eigenvalue weighted by atomic mass is 9.93. The van der Waals surface area contributed by atoms with E-state index in [2.05, 4.69) is 10.2 Å². The Morgan fingerprint density at radius 3 is 2.83 bits per heavy atom. The number of amides is 1. The number of carbonyl (C=O) groups is 2. The normalized spacial score (nSPS) is 22.0. The van der Waals surface area contributed by atoms with E-state index in [4.69, 9.17) is 9.47 Å². The van der Waals surface area contributed by atoms with Crippen LogP contribution in [0.25, 0.3) is 0 Å². The van der Waals surface area contributed by atoms with Crippen molar-refractivity contribution in [2.45, 2.75) is 45.6 Å². The van der Waals surface area contributed by atoms with Crippen molar-refractivity contribution in [1.82, 2.24) is 10.2 Å². The minimum absolute atomic E-state index is 0.0172. The SMILES string of the molecule is CC(=O)CCCN1CC[C@@H](CNC(=O)c2cc(C)cc3c2OCCCO3)[C@H](O)C1. The number of piperidine rings is 1. The zero-order valence-corrected chi connectivity index (χ0v) is 17.4. The van der Waals surface area contributed by atoms with Gasteiger partial charge in [0, 0.05) is 31.8 Å². The summed E-state index contributed by atoms with van der Waals surface area (Å²) in [6, 6.07) is 3.71. The topological polar surface area (TPSA) is 88.1 Å². The summed E-state index contributed by atoms with van der Waals surface area (Å²) in [6.07, 6.45) is 2.51. The molecule has 0 saturated carbocycles. The Morgan fingerprint density at radius 1 is 1.28 bits per heavy atom. The van der Waals surface area contributed by atoms with E-state index in [-0.39, 0.29) is 17.6 Å². The van der Waals surface area contributed by atoms with E-state index in [0.29, 0.717) is 49.8 Å². The van der Waals surface area contributed by atoms with Crippen molar-refractivity contribution >= 4 is 11.7 Å². The number of aliphatic hydroxyl groups is 1. The number of rotatable bonds is 7. The van der Waals surface area contributed by atoms with E-state index in [1.807, 2.05) is 19.1 Å².